The minimum absolute atomic E-state index is 0.00856. The van der Waals surface area contributed by atoms with E-state index in [4.69, 9.17) is 18.9 Å². The van der Waals surface area contributed by atoms with Gasteiger partial charge in [-0.25, -0.2) is 14.6 Å². The Labute approximate surface area is 342 Å². The molecule has 0 aliphatic rings. The maximum Gasteiger partial charge on any atom is 0.408 e. The van der Waals surface area contributed by atoms with E-state index in [-0.39, 0.29) is 12.8 Å². The van der Waals surface area contributed by atoms with Crippen LogP contribution >= 0.6 is 0 Å². The van der Waals surface area contributed by atoms with Crippen LogP contribution in [0.25, 0.3) is 0 Å². The molecule has 5 amide bonds. The average molecular weight is 816 g/mol. The van der Waals surface area contributed by atoms with E-state index in [1.165, 1.54) is 14.0 Å². The highest BCUT2D eigenvalue weighted by atomic mass is 16.6. The number of nitrogens with one attached hydrogen (secondary N) is 5. The van der Waals surface area contributed by atoms with Crippen LogP contribution in [0.2, 0.25) is 0 Å². The van der Waals surface area contributed by atoms with Gasteiger partial charge < -0.3 is 50.1 Å². The summed E-state index contributed by atoms with van der Waals surface area (Å²) in [6, 6.07) is 2.66. The van der Waals surface area contributed by atoms with E-state index in [2.05, 4.69) is 31.6 Å². The van der Waals surface area contributed by atoms with Gasteiger partial charge in [0.15, 0.2) is 0 Å². The Balaban J connectivity index is 2.55. The molecule has 0 spiro atoms. The number of aryl methyl sites for hydroxylation is 1. The lowest BCUT2D eigenvalue weighted by Gasteiger charge is -2.35. The standard InChI is InChI=1S/C41H65N7O10/c1-24(37(53)55-14)43-33(49)29(20-27-18-16-15-17-19-27)44-35(51)31(25(2)56-39(4,5)6)47-36(52)32(26(3)57-40(7,8)9)46-34(50)30(21-28-22-42-23-48(28)13)45-38(54)58-41(10,11)12/h15-19,22-26,29-32H,20-21H2,1-14H3,(H,43,49)(H,44,51)(H,45,54)(H,46,50)(H,47,52)/t24-,25+,26+,29-,30-,31+,32+/m0/s1. The molecule has 324 valence electrons. The topological polar surface area (TPSA) is 217 Å². The Morgan fingerprint density at radius 3 is 1.60 bits per heavy atom. The highest BCUT2D eigenvalue weighted by Gasteiger charge is 2.39. The van der Waals surface area contributed by atoms with Gasteiger partial charge in [-0.2, -0.15) is 0 Å². The van der Waals surface area contributed by atoms with Crippen molar-refractivity contribution in [2.75, 3.05) is 7.11 Å². The summed E-state index contributed by atoms with van der Waals surface area (Å²) in [7, 11) is 2.93. The number of ether oxygens (including phenoxy) is 4. The van der Waals surface area contributed by atoms with Crippen molar-refractivity contribution in [2.45, 2.75) is 155 Å². The number of hydrogen-bond acceptors (Lipinski definition) is 11. The fraction of sp³-hybridized carbons (Fsp3) is 0.634. The molecule has 0 unspecified atom stereocenters. The number of hydrogen-bond donors (Lipinski definition) is 5. The van der Waals surface area contributed by atoms with Crippen LogP contribution in [0, 0.1) is 0 Å². The zero-order chi connectivity index (χ0) is 44.2. The summed E-state index contributed by atoms with van der Waals surface area (Å²) in [4.78, 5) is 85.7. The van der Waals surface area contributed by atoms with Crippen LogP contribution in [0.15, 0.2) is 42.9 Å². The summed E-state index contributed by atoms with van der Waals surface area (Å²) in [6.07, 6.45) is 0.336. The van der Waals surface area contributed by atoms with E-state index in [0.717, 1.165) is 0 Å². The number of methoxy groups -OCH3 is 1. The van der Waals surface area contributed by atoms with Crippen molar-refractivity contribution in [3.63, 3.8) is 0 Å². The van der Waals surface area contributed by atoms with Crippen molar-refractivity contribution in [3.05, 3.63) is 54.1 Å². The first-order valence-corrected chi connectivity index (χ1v) is 19.3. The number of benzene rings is 1. The molecule has 0 saturated carbocycles. The van der Waals surface area contributed by atoms with Crippen LogP contribution < -0.4 is 26.6 Å². The van der Waals surface area contributed by atoms with Gasteiger partial charge in [-0.15, -0.1) is 0 Å². The summed E-state index contributed by atoms with van der Waals surface area (Å²) >= 11 is 0. The summed E-state index contributed by atoms with van der Waals surface area (Å²) in [5.74, 6) is -3.68. The van der Waals surface area contributed by atoms with Gasteiger partial charge in [-0.1, -0.05) is 30.3 Å². The van der Waals surface area contributed by atoms with Gasteiger partial charge in [-0.3, -0.25) is 19.2 Å². The van der Waals surface area contributed by atoms with Gasteiger partial charge in [0.2, 0.25) is 23.6 Å². The second-order valence-corrected chi connectivity index (χ2v) is 17.2. The van der Waals surface area contributed by atoms with Crippen molar-refractivity contribution < 1.29 is 47.7 Å². The lowest BCUT2D eigenvalue weighted by Crippen LogP contribution is -2.64. The molecule has 0 saturated heterocycles. The maximum atomic E-state index is 14.5. The molecule has 2 aromatic rings. The number of amides is 5. The third-order valence-corrected chi connectivity index (χ3v) is 8.34. The molecule has 58 heavy (non-hydrogen) atoms. The molecule has 2 rings (SSSR count). The molecule has 1 aromatic heterocycles. The van der Waals surface area contributed by atoms with Gasteiger partial charge in [0, 0.05) is 31.8 Å². The molecule has 17 nitrogen and oxygen atoms in total. The van der Waals surface area contributed by atoms with Gasteiger partial charge in [0.1, 0.15) is 35.8 Å². The first kappa shape index (κ1) is 49.1. The van der Waals surface area contributed by atoms with Crippen LogP contribution in [0.4, 0.5) is 4.79 Å². The molecule has 1 aromatic carbocycles. The first-order valence-electron chi connectivity index (χ1n) is 19.3. The smallest absolute Gasteiger partial charge is 0.408 e. The maximum absolute atomic E-state index is 14.5. The second-order valence-electron chi connectivity index (χ2n) is 17.2. The Bertz CT molecular complexity index is 1690. The molecule has 0 bridgehead atoms. The number of alkyl carbamates (subject to hydrolysis) is 1. The summed E-state index contributed by atoms with van der Waals surface area (Å²) < 4.78 is 24.2. The third kappa shape index (κ3) is 17.2. The quantitative estimate of drug-likeness (QED) is 0.138. The average Bonchev–Trinajstić information content (AvgIpc) is 3.49. The van der Waals surface area contributed by atoms with Crippen LogP contribution in [-0.4, -0.2) is 112 Å². The van der Waals surface area contributed by atoms with Crippen LogP contribution in [0.5, 0.6) is 0 Å². The summed E-state index contributed by atoms with van der Waals surface area (Å²) in [6.45, 7) is 20.4. The van der Waals surface area contributed by atoms with Crippen molar-refractivity contribution >= 4 is 35.7 Å². The van der Waals surface area contributed by atoms with Crippen molar-refractivity contribution in [3.8, 4) is 0 Å². The molecule has 1 heterocycles. The minimum Gasteiger partial charge on any atom is -0.467 e. The Morgan fingerprint density at radius 1 is 0.655 bits per heavy atom. The predicted molar refractivity (Wildman–Crippen MR) is 216 cm³/mol. The normalized spacial score (nSPS) is 15.6. The fourth-order valence-electron chi connectivity index (χ4n) is 5.86. The Kier molecular flexibility index (Phi) is 17.9. The van der Waals surface area contributed by atoms with Crippen molar-refractivity contribution in [1.29, 1.82) is 0 Å². The van der Waals surface area contributed by atoms with Gasteiger partial charge in [0.05, 0.1) is 36.8 Å². The van der Waals surface area contributed by atoms with Gasteiger partial charge in [0.25, 0.3) is 0 Å². The molecule has 0 radical (unpaired) electrons. The fourth-order valence-corrected chi connectivity index (χ4v) is 5.86. The number of carbonyl (C=O) groups is 6. The number of nitrogens with zero attached hydrogens (tertiary/aromatic N) is 2. The lowest BCUT2D eigenvalue weighted by molar-refractivity contribution is -0.145. The Hall–Kier alpha value is -5.03. The second kappa shape index (κ2) is 21.1. The molecule has 0 aliphatic heterocycles. The SMILES string of the molecule is COC(=O)[C@H](C)NC(=O)[C@H](Cc1ccccc1)NC(=O)[C@H](NC(=O)[C@H](NC(=O)[C@H](Cc1cncn1C)NC(=O)OC(C)(C)C)[C@@H](C)OC(C)(C)C)[C@@H](C)OC(C)(C)C. The number of aromatic nitrogens is 2. The molecule has 7 atom stereocenters. The predicted octanol–water partition coefficient (Wildman–Crippen LogP) is 2.64. The lowest BCUT2D eigenvalue weighted by atomic mass is 10.0. The number of carbonyl (C=O) groups excluding carboxylic acids is 6. The van der Waals surface area contributed by atoms with E-state index >= 15 is 0 Å². The van der Waals surface area contributed by atoms with Crippen molar-refractivity contribution in [2.24, 2.45) is 7.05 Å². The van der Waals surface area contributed by atoms with E-state index < -0.39 is 94.9 Å². The zero-order valence-electron chi connectivity index (χ0n) is 36.5. The molecule has 5 N–H and O–H groups in total. The summed E-state index contributed by atoms with van der Waals surface area (Å²) in [5.41, 5.74) is -1.09. The van der Waals surface area contributed by atoms with E-state index in [1.807, 2.05) is 6.07 Å². The number of imidazole rings is 1. The van der Waals surface area contributed by atoms with Crippen molar-refractivity contribution in [1.82, 2.24) is 36.1 Å². The monoisotopic (exact) mass is 815 g/mol. The van der Waals surface area contributed by atoms with Gasteiger partial charge in [-0.05, 0) is 88.6 Å². The highest BCUT2D eigenvalue weighted by Crippen LogP contribution is 2.17. The third-order valence-electron chi connectivity index (χ3n) is 8.34. The molecule has 0 fully saturated rings. The van der Waals surface area contributed by atoms with Crippen LogP contribution in [0.3, 0.4) is 0 Å². The summed E-state index contributed by atoms with van der Waals surface area (Å²) in [5, 5.41) is 13.4. The minimum atomic E-state index is -1.41. The van der Waals surface area contributed by atoms with E-state index in [1.54, 1.807) is 125 Å². The van der Waals surface area contributed by atoms with Crippen LogP contribution in [0.1, 0.15) is 94.3 Å². The largest absolute Gasteiger partial charge is 0.467 e. The molecular weight excluding hydrogens is 750 g/mol. The molecular formula is C41H65N7O10. The highest BCUT2D eigenvalue weighted by molar-refractivity contribution is 5.96. The van der Waals surface area contributed by atoms with Crippen LogP contribution in [-0.2, 0) is 62.8 Å². The van der Waals surface area contributed by atoms with E-state index in [0.29, 0.717) is 11.3 Å². The number of rotatable bonds is 18. The number of esters is 1. The first-order chi connectivity index (χ1) is 26.7. The van der Waals surface area contributed by atoms with E-state index in [9.17, 15) is 28.8 Å². The molecule has 17 heteroatoms. The zero-order valence-corrected chi connectivity index (χ0v) is 36.5. The molecule has 0 aliphatic carbocycles. The Morgan fingerprint density at radius 2 is 1.14 bits per heavy atom. The van der Waals surface area contributed by atoms with Gasteiger partial charge >= 0.3 is 12.1 Å².